The quantitative estimate of drug-likeness (QED) is 0.784. The van der Waals surface area contributed by atoms with Crippen molar-refractivity contribution in [3.63, 3.8) is 0 Å². The zero-order valence-electron chi connectivity index (χ0n) is 12.1. The van der Waals surface area contributed by atoms with Gasteiger partial charge in [0, 0.05) is 19.5 Å². The highest BCUT2D eigenvalue weighted by Crippen LogP contribution is 2.21. The summed E-state index contributed by atoms with van der Waals surface area (Å²) in [5.41, 5.74) is 2.08. The molecule has 1 aromatic heterocycles. The zero-order chi connectivity index (χ0) is 13.5. The van der Waals surface area contributed by atoms with Gasteiger partial charge >= 0.3 is 0 Å². The Morgan fingerprint density at radius 3 is 2.56 bits per heavy atom. The number of hydrogen-bond donors (Lipinski definition) is 1. The molecule has 0 aliphatic carbocycles. The van der Waals surface area contributed by atoms with Gasteiger partial charge in [0.15, 0.2) is 0 Å². The lowest BCUT2D eigenvalue weighted by Crippen LogP contribution is -2.32. The minimum atomic E-state index is 0.511. The van der Waals surface area contributed by atoms with Crippen LogP contribution >= 0.6 is 11.6 Å². The molecule has 1 rings (SSSR count). The summed E-state index contributed by atoms with van der Waals surface area (Å²) in [5, 5.41) is 8.83. The molecule has 4 heteroatoms. The van der Waals surface area contributed by atoms with E-state index in [1.807, 2.05) is 18.7 Å². The van der Waals surface area contributed by atoms with Gasteiger partial charge in [-0.3, -0.25) is 4.68 Å². The number of aryl methyl sites for hydroxylation is 2. The lowest BCUT2D eigenvalue weighted by atomic mass is 10.0. The lowest BCUT2D eigenvalue weighted by molar-refractivity contribution is 0.452. The fraction of sp³-hybridized carbons (Fsp3) is 0.786. The van der Waals surface area contributed by atoms with Crippen LogP contribution in [0.25, 0.3) is 0 Å². The maximum atomic E-state index is 6.32. The summed E-state index contributed by atoms with van der Waals surface area (Å²) in [4.78, 5) is 0. The predicted octanol–water partition coefficient (Wildman–Crippen LogP) is 3.48. The number of rotatable bonds is 8. The van der Waals surface area contributed by atoms with E-state index in [0.29, 0.717) is 6.04 Å². The molecule has 104 valence electrons. The van der Waals surface area contributed by atoms with Crippen molar-refractivity contribution in [2.75, 3.05) is 6.54 Å². The highest BCUT2D eigenvalue weighted by atomic mass is 35.5. The maximum Gasteiger partial charge on any atom is 0.0847 e. The van der Waals surface area contributed by atoms with Crippen LogP contribution in [0.5, 0.6) is 0 Å². The summed E-state index contributed by atoms with van der Waals surface area (Å²) in [6.07, 6.45) is 5.84. The number of hydrogen-bond acceptors (Lipinski definition) is 2. The number of nitrogens with zero attached hydrogens (tertiary/aromatic N) is 2. The van der Waals surface area contributed by atoms with E-state index in [4.69, 9.17) is 11.6 Å². The van der Waals surface area contributed by atoms with E-state index in [0.717, 1.165) is 29.4 Å². The summed E-state index contributed by atoms with van der Waals surface area (Å²) < 4.78 is 1.92. The van der Waals surface area contributed by atoms with E-state index in [9.17, 15) is 0 Å². The average Bonchev–Trinajstić information content (AvgIpc) is 2.58. The normalized spacial score (nSPS) is 12.9. The van der Waals surface area contributed by atoms with Crippen molar-refractivity contribution in [3.05, 3.63) is 16.4 Å². The van der Waals surface area contributed by atoms with E-state index in [-0.39, 0.29) is 0 Å². The van der Waals surface area contributed by atoms with Crippen molar-refractivity contribution >= 4 is 11.6 Å². The fourth-order valence-electron chi connectivity index (χ4n) is 2.21. The molecule has 0 amide bonds. The number of aromatic nitrogens is 2. The van der Waals surface area contributed by atoms with Crippen molar-refractivity contribution in [2.24, 2.45) is 7.05 Å². The number of unbranched alkanes of at least 4 members (excludes halogenated alkanes) is 1. The Morgan fingerprint density at radius 1 is 1.33 bits per heavy atom. The average molecular weight is 272 g/mol. The lowest BCUT2D eigenvalue weighted by Gasteiger charge is -2.18. The highest BCUT2D eigenvalue weighted by Gasteiger charge is 2.16. The van der Waals surface area contributed by atoms with Crippen LogP contribution in [0.15, 0.2) is 0 Å². The molecular weight excluding hydrogens is 246 g/mol. The molecule has 0 aliphatic rings. The second kappa shape index (κ2) is 7.80. The highest BCUT2D eigenvalue weighted by molar-refractivity contribution is 6.31. The topological polar surface area (TPSA) is 29.9 Å². The molecule has 1 unspecified atom stereocenters. The van der Waals surface area contributed by atoms with Crippen LogP contribution in [0.2, 0.25) is 5.02 Å². The summed E-state index contributed by atoms with van der Waals surface area (Å²) in [5.74, 6) is 0. The van der Waals surface area contributed by atoms with Gasteiger partial charge in [-0.15, -0.1) is 0 Å². The van der Waals surface area contributed by atoms with Gasteiger partial charge in [-0.25, -0.2) is 0 Å². The molecule has 0 bridgehead atoms. The van der Waals surface area contributed by atoms with Crippen molar-refractivity contribution in [1.29, 1.82) is 0 Å². The summed E-state index contributed by atoms with van der Waals surface area (Å²) in [6, 6.07) is 0.511. The third kappa shape index (κ3) is 4.29. The Labute approximate surface area is 116 Å². The van der Waals surface area contributed by atoms with Gasteiger partial charge < -0.3 is 5.32 Å². The molecular formula is C14H26ClN3. The SMILES string of the molecule is CCCCC(Cc1c(Cl)c(C)nn1C)NCCC. The van der Waals surface area contributed by atoms with Crippen LogP contribution in [0.3, 0.4) is 0 Å². The van der Waals surface area contributed by atoms with Gasteiger partial charge in [-0.05, 0) is 26.3 Å². The molecule has 0 saturated carbocycles. The fourth-order valence-corrected chi connectivity index (χ4v) is 2.45. The van der Waals surface area contributed by atoms with Crippen LogP contribution in [0.1, 0.15) is 50.9 Å². The van der Waals surface area contributed by atoms with Gasteiger partial charge in [0.25, 0.3) is 0 Å². The molecule has 1 atom stereocenters. The van der Waals surface area contributed by atoms with Gasteiger partial charge in [0.05, 0.1) is 16.4 Å². The van der Waals surface area contributed by atoms with Crippen LogP contribution in [0.4, 0.5) is 0 Å². The molecule has 0 aromatic carbocycles. The Bertz CT molecular complexity index is 352. The van der Waals surface area contributed by atoms with Crippen molar-refractivity contribution in [1.82, 2.24) is 15.1 Å². The monoisotopic (exact) mass is 271 g/mol. The standard InChI is InChI=1S/C14H26ClN3/c1-5-7-8-12(16-9-6-2)10-13-14(15)11(3)17-18(13)4/h12,16H,5-10H2,1-4H3. The van der Waals surface area contributed by atoms with Crippen LogP contribution in [-0.4, -0.2) is 22.4 Å². The summed E-state index contributed by atoms with van der Waals surface area (Å²) >= 11 is 6.32. The molecule has 0 fully saturated rings. The maximum absolute atomic E-state index is 6.32. The summed E-state index contributed by atoms with van der Waals surface area (Å²) in [7, 11) is 1.98. The Balaban J connectivity index is 2.68. The largest absolute Gasteiger partial charge is 0.314 e. The Hall–Kier alpha value is -0.540. The molecule has 0 radical (unpaired) electrons. The van der Waals surface area contributed by atoms with Crippen molar-refractivity contribution in [2.45, 2.75) is 58.9 Å². The molecule has 0 saturated heterocycles. The number of halogens is 1. The molecule has 0 aliphatic heterocycles. The zero-order valence-corrected chi connectivity index (χ0v) is 12.8. The molecule has 18 heavy (non-hydrogen) atoms. The van der Waals surface area contributed by atoms with E-state index in [1.54, 1.807) is 0 Å². The van der Waals surface area contributed by atoms with E-state index >= 15 is 0 Å². The molecule has 3 nitrogen and oxygen atoms in total. The van der Waals surface area contributed by atoms with Crippen LogP contribution in [-0.2, 0) is 13.5 Å². The van der Waals surface area contributed by atoms with Gasteiger partial charge in [0.2, 0.25) is 0 Å². The first kappa shape index (κ1) is 15.5. The van der Waals surface area contributed by atoms with Gasteiger partial charge in [0.1, 0.15) is 0 Å². The first-order chi connectivity index (χ1) is 8.60. The Morgan fingerprint density at radius 2 is 2.06 bits per heavy atom. The van der Waals surface area contributed by atoms with E-state index in [2.05, 4.69) is 24.3 Å². The third-order valence-corrected chi connectivity index (χ3v) is 3.78. The number of nitrogens with one attached hydrogen (secondary N) is 1. The van der Waals surface area contributed by atoms with Crippen molar-refractivity contribution < 1.29 is 0 Å². The van der Waals surface area contributed by atoms with Gasteiger partial charge in [-0.2, -0.15) is 5.10 Å². The Kier molecular flexibility index (Phi) is 6.72. The predicted molar refractivity (Wildman–Crippen MR) is 78.3 cm³/mol. The van der Waals surface area contributed by atoms with E-state index in [1.165, 1.54) is 25.7 Å². The van der Waals surface area contributed by atoms with Crippen LogP contribution in [0, 0.1) is 6.92 Å². The van der Waals surface area contributed by atoms with Crippen molar-refractivity contribution in [3.8, 4) is 0 Å². The molecule has 1 heterocycles. The molecule has 1 N–H and O–H groups in total. The second-order valence-electron chi connectivity index (χ2n) is 4.97. The smallest absolute Gasteiger partial charge is 0.0847 e. The second-order valence-corrected chi connectivity index (χ2v) is 5.35. The summed E-state index contributed by atoms with van der Waals surface area (Å²) in [6.45, 7) is 7.47. The van der Waals surface area contributed by atoms with Gasteiger partial charge in [-0.1, -0.05) is 38.3 Å². The first-order valence-corrected chi connectivity index (χ1v) is 7.39. The minimum absolute atomic E-state index is 0.511. The third-order valence-electron chi connectivity index (χ3n) is 3.29. The first-order valence-electron chi connectivity index (χ1n) is 7.01. The van der Waals surface area contributed by atoms with E-state index < -0.39 is 0 Å². The minimum Gasteiger partial charge on any atom is -0.314 e. The van der Waals surface area contributed by atoms with Crippen LogP contribution < -0.4 is 5.32 Å². The molecule has 0 spiro atoms. The molecule has 1 aromatic rings.